The third kappa shape index (κ3) is 4.38. The van der Waals surface area contributed by atoms with Crippen molar-refractivity contribution in [2.45, 2.75) is 36.6 Å². The van der Waals surface area contributed by atoms with Crippen molar-refractivity contribution >= 4 is 26.6 Å². The lowest BCUT2D eigenvalue weighted by Gasteiger charge is -2.28. The van der Waals surface area contributed by atoms with E-state index in [4.69, 9.17) is 0 Å². The van der Waals surface area contributed by atoms with Gasteiger partial charge in [0, 0.05) is 22.9 Å². The average molecular weight is 416 g/mol. The third-order valence-electron chi connectivity index (χ3n) is 6.19. The maximum absolute atomic E-state index is 13.2. The number of carbonyl (C=O) groups is 1. The van der Waals surface area contributed by atoms with Crippen LogP contribution in [-0.2, 0) is 10.0 Å². The molecule has 2 N–H and O–H groups in total. The van der Waals surface area contributed by atoms with E-state index >= 15 is 0 Å². The Bertz CT molecular complexity index is 992. The molecule has 0 amide bonds. The molecular formula is C22H29N3O3S. The smallest absolute Gasteiger partial charge is 0.241 e. The molecule has 2 fully saturated rings. The van der Waals surface area contributed by atoms with Crippen LogP contribution in [0.3, 0.4) is 0 Å². The largest absolute Gasteiger partial charge is 0.317 e. The summed E-state index contributed by atoms with van der Waals surface area (Å²) < 4.78 is 29.1. The molecule has 0 aliphatic carbocycles. The van der Waals surface area contributed by atoms with Gasteiger partial charge >= 0.3 is 0 Å². The van der Waals surface area contributed by atoms with Gasteiger partial charge in [-0.05, 0) is 76.4 Å². The Morgan fingerprint density at radius 2 is 1.66 bits per heavy atom. The van der Waals surface area contributed by atoms with Gasteiger partial charge in [-0.2, -0.15) is 0 Å². The summed E-state index contributed by atoms with van der Waals surface area (Å²) in [5, 5.41) is 4.59. The zero-order chi connectivity index (χ0) is 20.4. The number of carbonyl (C=O) groups excluding carboxylic acids is 1. The monoisotopic (exact) mass is 415 g/mol. The molecule has 2 saturated heterocycles. The Morgan fingerprint density at radius 3 is 2.34 bits per heavy atom. The average Bonchev–Trinajstić information content (AvgIpc) is 2.73. The molecule has 0 unspecified atom stereocenters. The highest BCUT2D eigenvalue weighted by atomic mass is 32.2. The molecule has 0 atom stereocenters. The lowest BCUT2D eigenvalue weighted by atomic mass is 9.87. The molecule has 2 aromatic carbocycles. The van der Waals surface area contributed by atoms with E-state index in [9.17, 15) is 13.2 Å². The van der Waals surface area contributed by atoms with Crippen LogP contribution in [0.2, 0.25) is 0 Å². The second-order valence-corrected chi connectivity index (χ2v) is 9.93. The van der Waals surface area contributed by atoms with Crippen LogP contribution in [0.25, 0.3) is 10.8 Å². The number of piperidine rings is 2. The molecule has 0 spiro atoms. The van der Waals surface area contributed by atoms with E-state index in [-0.39, 0.29) is 22.6 Å². The summed E-state index contributed by atoms with van der Waals surface area (Å²) in [4.78, 5) is 15.7. The van der Waals surface area contributed by atoms with Crippen molar-refractivity contribution in [3.8, 4) is 0 Å². The predicted molar refractivity (Wildman–Crippen MR) is 115 cm³/mol. The molecule has 2 aliphatic heterocycles. The minimum Gasteiger partial charge on any atom is -0.317 e. The van der Waals surface area contributed by atoms with Crippen molar-refractivity contribution < 1.29 is 13.2 Å². The quantitative estimate of drug-likeness (QED) is 0.733. The zero-order valence-corrected chi connectivity index (χ0v) is 17.7. The molecule has 156 valence electrons. The number of hydrogen-bond acceptors (Lipinski definition) is 5. The van der Waals surface area contributed by atoms with Crippen molar-refractivity contribution in [3.05, 3.63) is 42.0 Å². The predicted octanol–water partition coefficient (Wildman–Crippen LogP) is 2.39. The number of likely N-dealkylation sites (tertiary alicyclic amines) is 1. The molecule has 0 saturated carbocycles. The van der Waals surface area contributed by atoms with Gasteiger partial charge in [-0.15, -0.1) is 0 Å². The van der Waals surface area contributed by atoms with Crippen molar-refractivity contribution in [1.29, 1.82) is 0 Å². The standard InChI is InChI=1S/C22H29N3O3S/c1-25-14-10-16(11-15-25)22(26)20-6-7-21(19-5-3-2-4-18(19)20)29(27,28)24-17-8-12-23-13-9-17/h2-7,16-17,23-24H,8-15H2,1H3. The first-order chi connectivity index (χ1) is 14.0. The summed E-state index contributed by atoms with van der Waals surface area (Å²) in [5.74, 6) is 0.134. The number of nitrogens with zero attached hydrogens (tertiary/aromatic N) is 1. The highest BCUT2D eigenvalue weighted by molar-refractivity contribution is 7.89. The van der Waals surface area contributed by atoms with Gasteiger partial charge in [0.1, 0.15) is 0 Å². The minimum atomic E-state index is -3.66. The Balaban J connectivity index is 1.67. The molecule has 4 rings (SSSR count). The second-order valence-electron chi connectivity index (χ2n) is 8.24. The second kappa shape index (κ2) is 8.52. The van der Waals surface area contributed by atoms with Crippen LogP contribution in [-0.4, -0.2) is 58.4 Å². The molecule has 0 bridgehead atoms. The molecule has 2 aliphatic rings. The molecule has 2 aromatic rings. The normalized spacial score (nSPS) is 20.2. The van der Waals surface area contributed by atoms with Crippen LogP contribution in [0.1, 0.15) is 36.0 Å². The highest BCUT2D eigenvalue weighted by Crippen LogP contribution is 2.30. The number of nitrogens with one attached hydrogen (secondary N) is 2. The Morgan fingerprint density at radius 1 is 1.00 bits per heavy atom. The first kappa shape index (κ1) is 20.5. The zero-order valence-electron chi connectivity index (χ0n) is 16.9. The van der Waals surface area contributed by atoms with E-state index in [1.165, 1.54) is 0 Å². The lowest BCUT2D eigenvalue weighted by molar-refractivity contribution is 0.0858. The van der Waals surface area contributed by atoms with Crippen LogP contribution in [0.4, 0.5) is 0 Å². The van der Waals surface area contributed by atoms with E-state index < -0.39 is 10.0 Å². The first-order valence-corrected chi connectivity index (χ1v) is 11.9. The maximum Gasteiger partial charge on any atom is 0.241 e. The van der Waals surface area contributed by atoms with Gasteiger partial charge in [0.2, 0.25) is 10.0 Å². The summed E-state index contributed by atoms with van der Waals surface area (Å²) in [6, 6.07) is 10.6. The summed E-state index contributed by atoms with van der Waals surface area (Å²) in [5.41, 5.74) is 0.635. The van der Waals surface area contributed by atoms with Gasteiger partial charge in [0.25, 0.3) is 0 Å². The lowest BCUT2D eigenvalue weighted by Crippen LogP contribution is -2.42. The van der Waals surface area contributed by atoms with Crippen molar-refractivity contribution in [2.75, 3.05) is 33.2 Å². The number of fused-ring (bicyclic) bond motifs is 1. The molecular weight excluding hydrogens is 386 g/mol. The molecule has 7 heteroatoms. The molecule has 0 radical (unpaired) electrons. The van der Waals surface area contributed by atoms with Crippen LogP contribution in [0.15, 0.2) is 41.3 Å². The number of sulfonamides is 1. The summed E-state index contributed by atoms with van der Waals surface area (Å²) in [7, 11) is -1.58. The van der Waals surface area contributed by atoms with Gasteiger partial charge in [-0.25, -0.2) is 13.1 Å². The Labute approximate surface area is 172 Å². The van der Waals surface area contributed by atoms with E-state index in [0.29, 0.717) is 10.9 Å². The number of Topliss-reactive ketones (excluding diaryl/α,β-unsaturated/α-hetero) is 1. The molecule has 0 aromatic heterocycles. The fourth-order valence-electron chi connectivity index (χ4n) is 4.43. The first-order valence-electron chi connectivity index (χ1n) is 10.4. The van der Waals surface area contributed by atoms with Crippen molar-refractivity contribution in [1.82, 2.24) is 14.9 Å². The van der Waals surface area contributed by atoms with Crippen LogP contribution in [0, 0.1) is 5.92 Å². The number of benzene rings is 2. The number of hydrogen-bond donors (Lipinski definition) is 2. The van der Waals surface area contributed by atoms with Crippen LogP contribution in [0.5, 0.6) is 0 Å². The number of rotatable bonds is 5. The van der Waals surface area contributed by atoms with Crippen LogP contribution >= 0.6 is 0 Å². The van der Waals surface area contributed by atoms with E-state index in [1.54, 1.807) is 18.2 Å². The van der Waals surface area contributed by atoms with Crippen LogP contribution < -0.4 is 10.0 Å². The fourth-order valence-corrected chi connectivity index (χ4v) is 5.95. The molecule has 29 heavy (non-hydrogen) atoms. The summed E-state index contributed by atoms with van der Waals surface area (Å²) >= 11 is 0. The van der Waals surface area contributed by atoms with Gasteiger partial charge in [-0.3, -0.25) is 4.79 Å². The number of ketones is 1. The van der Waals surface area contributed by atoms with Gasteiger partial charge in [0.05, 0.1) is 4.90 Å². The molecule has 6 nitrogen and oxygen atoms in total. The third-order valence-corrected chi connectivity index (χ3v) is 7.77. The maximum atomic E-state index is 13.2. The van der Waals surface area contributed by atoms with E-state index in [1.807, 2.05) is 18.2 Å². The van der Waals surface area contributed by atoms with E-state index in [2.05, 4.69) is 22.0 Å². The van der Waals surface area contributed by atoms with Crippen molar-refractivity contribution in [3.63, 3.8) is 0 Å². The van der Waals surface area contributed by atoms with Crippen molar-refractivity contribution in [2.24, 2.45) is 5.92 Å². The van der Waals surface area contributed by atoms with Gasteiger partial charge in [0.15, 0.2) is 5.78 Å². The Hall–Kier alpha value is -1.80. The summed E-state index contributed by atoms with van der Waals surface area (Å²) in [6.45, 7) is 3.47. The Kier molecular flexibility index (Phi) is 6.01. The SMILES string of the molecule is CN1CCC(C(=O)c2ccc(S(=O)(=O)NC3CCNCC3)c3ccccc23)CC1. The van der Waals surface area contributed by atoms with Gasteiger partial charge in [-0.1, -0.05) is 24.3 Å². The highest BCUT2D eigenvalue weighted by Gasteiger charge is 2.28. The molecule has 2 heterocycles. The topological polar surface area (TPSA) is 78.5 Å². The summed E-state index contributed by atoms with van der Waals surface area (Å²) in [6.07, 6.45) is 3.26. The van der Waals surface area contributed by atoms with E-state index in [0.717, 1.165) is 57.2 Å². The fraction of sp³-hybridized carbons (Fsp3) is 0.500. The minimum absolute atomic E-state index is 0.00456. The van der Waals surface area contributed by atoms with Gasteiger partial charge < -0.3 is 10.2 Å².